The van der Waals surface area contributed by atoms with E-state index in [1.54, 1.807) is 12.4 Å². The zero-order valence-corrected chi connectivity index (χ0v) is 11.5. The first-order valence-electron chi connectivity index (χ1n) is 6.19. The SMILES string of the molecule is CC(N)C(OCc1ccccc1Cl)c1ccncc1. The van der Waals surface area contributed by atoms with Crippen molar-refractivity contribution in [3.63, 3.8) is 0 Å². The summed E-state index contributed by atoms with van der Waals surface area (Å²) in [6.07, 6.45) is 3.31. The van der Waals surface area contributed by atoms with Gasteiger partial charge in [0.15, 0.2) is 0 Å². The van der Waals surface area contributed by atoms with Gasteiger partial charge in [0, 0.05) is 23.5 Å². The van der Waals surface area contributed by atoms with E-state index in [9.17, 15) is 0 Å². The van der Waals surface area contributed by atoms with Crippen molar-refractivity contribution in [3.05, 3.63) is 64.9 Å². The van der Waals surface area contributed by atoms with Gasteiger partial charge in [-0.05, 0) is 36.2 Å². The number of ether oxygens (including phenoxy) is 1. The van der Waals surface area contributed by atoms with Crippen LogP contribution in [0.4, 0.5) is 0 Å². The monoisotopic (exact) mass is 276 g/mol. The van der Waals surface area contributed by atoms with E-state index in [0.29, 0.717) is 11.6 Å². The number of benzene rings is 1. The molecule has 0 bridgehead atoms. The number of nitrogens with zero attached hydrogens (tertiary/aromatic N) is 1. The van der Waals surface area contributed by atoms with Crippen LogP contribution in [0.25, 0.3) is 0 Å². The topological polar surface area (TPSA) is 48.1 Å². The van der Waals surface area contributed by atoms with E-state index in [0.717, 1.165) is 11.1 Å². The molecule has 2 N–H and O–H groups in total. The second-order valence-corrected chi connectivity index (χ2v) is 4.87. The van der Waals surface area contributed by atoms with Crippen LogP contribution in [0.15, 0.2) is 48.8 Å². The lowest BCUT2D eigenvalue weighted by molar-refractivity contribution is 0.0259. The molecule has 0 aliphatic carbocycles. The van der Waals surface area contributed by atoms with E-state index >= 15 is 0 Å². The van der Waals surface area contributed by atoms with Crippen molar-refractivity contribution in [2.45, 2.75) is 25.7 Å². The average molecular weight is 277 g/mol. The van der Waals surface area contributed by atoms with Gasteiger partial charge in [0.05, 0.1) is 12.7 Å². The molecule has 2 aromatic rings. The Morgan fingerprint density at radius 1 is 1.21 bits per heavy atom. The van der Waals surface area contributed by atoms with Gasteiger partial charge in [-0.25, -0.2) is 0 Å². The van der Waals surface area contributed by atoms with E-state index in [4.69, 9.17) is 22.1 Å². The highest BCUT2D eigenvalue weighted by Crippen LogP contribution is 2.23. The molecule has 2 unspecified atom stereocenters. The van der Waals surface area contributed by atoms with Gasteiger partial charge in [-0.2, -0.15) is 0 Å². The van der Waals surface area contributed by atoms with Gasteiger partial charge < -0.3 is 10.5 Å². The first kappa shape index (κ1) is 14.0. The van der Waals surface area contributed by atoms with Crippen molar-refractivity contribution in [2.75, 3.05) is 0 Å². The molecule has 3 nitrogen and oxygen atoms in total. The fourth-order valence-corrected chi connectivity index (χ4v) is 2.09. The first-order valence-corrected chi connectivity index (χ1v) is 6.57. The lowest BCUT2D eigenvalue weighted by Crippen LogP contribution is -2.27. The summed E-state index contributed by atoms with van der Waals surface area (Å²) < 4.78 is 5.92. The third-order valence-electron chi connectivity index (χ3n) is 2.89. The minimum absolute atomic E-state index is 0.107. The predicted molar refractivity (Wildman–Crippen MR) is 76.9 cm³/mol. The molecule has 1 aromatic heterocycles. The smallest absolute Gasteiger partial charge is 0.0978 e. The van der Waals surface area contributed by atoms with Crippen LogP contribution in [-0.4, -0.2) is 11.0 Å². The standard InChI is InChI=1S/C15H17ClN2O/c1-11(17)15(12-6-8-18-9-7-12)19-10-13-4-2-3-5-14(13)16/h2-9,11,15H,10,17H2,1H3. The van der Waals surface area contributed by atoms with Crippen LogP contribution in [0, 0.1) is 0 Å². The van der Waals surface area contributed by atoms with Crippen molar-refractivity contribution in [1.29, 1.82) is 0 Å². The summed E-state index contributed by atoms with van der Waals surface area (Å²) in [5.74, 6) is 0. The highest BCUT2D eigenvalue weighted by molar-refractivity contribution is 6.31. The lowest BCUT2D eigenvalue weighted by atomic mass is 10.1. The van der Waals surface area contributed by atoms with Crippen LogP contribution in [-0.2, 0) is 11.3 Å². The quantitative estimate of drug-likeness (QED) is 0.911. The largest absolute Gasteiger partial charge is 0.367 e. The van der Waals surface area contributed by atoms with Crippen LogP contribution < -0.4 is 5.73 Å². The van der Waals surface area contributed by atoms with Crippen molar-refractivity contribution in [3.8, 4) is 0 Å². The zero-order valence-electron chi connectivity index (χ0n) is 10.8. The second-order valence-electron chi connectivity index (χ2n) is 4.46. The van der Waals surface area contributed by atoms with Gasteiger partial charge in [-0.15, -0.1) is 0 Å². The van der Waals surface area contributed by atoms with Crippen LogP contribution in [0.2, 0.25) is 5.02 Å². The molecule has 2 rings (SSSR count). The molecule has 0 spiro atoms. The van der Waals surface area contributed by atoms with Crippen molar-refractivity contribution in [2.24, 2.45) is 5.73 Å². The Morgan fingerprint density at radius 2 is 1.89 bits per heavy atom. The first-order chi connectivity index (χ1) is 9.18. The number of nitrogens with two attached hydrogens (primary N) is 1. The van der Waals surface area contributed by atoms with Crippen molar-refractivity contribution < 1.29 is 4.74 Å². The van der Waals surface area contributed by atoms with Gasteiger partial charge in [0.2, 0.25) is 0 Å². The predicted octanol–water partition coefficient (Wildman–Crippen LogP) is 3.34. The van der Waals surface area contributed by atoms with Gasteiger partial charge in [-0.3, -0.25) is 4.98 Å². The van der Waals surface area contributed by atoms with E-state index < -0.39 is 0 Å². The third-order valence-corrected chi connectivity index (χ3v) is 3.26. The minimum atomic E-state index is -0.167. The number of aromatic nitrogens is 1. The Bertz CT molecular complexity index is 517. The van der Waals surface area contributed by atoms with E-state index in [1.165, 1.54) is 0 Å². The maximum absolute atomic E-state index is 6.11. The molecule has 0 radical (unpaired) electrons. The summed E-state index contributed by atoms with van der Waals surface area (Å²) in [5, 5.41) is 0.709. The molecule has 0 saturated heterocycles. The van der Waals surface area contributed by atoms with Crippen LogP contribution >= 0.6 is 11.6 Å². The molecule has 0 aliphatic rings. The molecule has 0 fully saturated rings. The normalized spacial score (nSPS) is 14.1. The summed E-state index contributed by atoms with van der Waals surface area (Å²) >= 11 is 6.11. The van der Waals surface area contributed by atoms with Gasteiger partial charge in [0.1, 0.15) is 0 Å². The number of halogens is 1. The third kappa shape index (κ3) is 3.77. The lowest BCUT2D eigenvalue weighted by Gasteiger charge is -2.22. The summed E-state index contributed by atoms with van der Waals surface area (Å²) in [5.41, 5.74) is 7.98. The van der Waals surface area contributed by atoms with Crippen molar-refractivity contribution in [1.82, 2.24) is 4.98 Å². The van der Waals surface area contributed by atoms with Gasteiger partial charge >= 0.3 is 0 Å². The summed E-state index contributed by atoms with van der Waals surface area (Å²) in [6, 6.07) is 11.4. The highest BCUT2D eigenvalue weighted by Gasteiger charge is 2.17. The van der Waals surface area contributed by atoms with E-state index in [1.807, 2.05) is 43.3 Å². The summed E-state index contributed by atoms with van der Waals surface area (Å²) in [6.45, 7) is 2.37. The highest BCUT2D eigenvalue weighted by atomic mass is 35.5. The molecule has 1 aromatic carbocycles. The Kier molecular flexibility index (Phi) is 4.91. The number of hydrogen-bond acceptors (Lipinski definition) is 3. The summed E-state index contributed by atoms with van der Waals surface area (Å²) in [4.78, 5) is 4.00. The number of rotatable bonds is 5. The Balaban J connectivity index is 2.09. The molecular formula is C15H17ClN2O. The van der Waals surface area contributed by atoms with E-state index in [2.05, 4.69) is 4.98 Å². The Morgan fingerprint density at radius 3 is 2.53 bits per heavy atom. The molecule has 2 atom stereocenters. The molecule has 19 heavy (non-hydrogen) atoms. The Hall–Kier alpha value is -1.42. The fourth-order valence-electron chi connectivity index (χ4n) is 1.90. The molecule has 0 amide bonds. The molecule has 1 heterocycles. The molecule has 0 saturated carbocycles. The molecular weight excluding hydrogens is 260 g/mol. The maximum Gasteiger partial charge on any atom is 0.0978 e. The molecule has 0 aliphatic heterocycles. The van der Waals surface area contributed by atoms with Gasteiger partial charge in [0.25, 0.3) is 0 Å². The average Bonchev–Trinajstić information content (AvgIpc) is 2.42. The van der Waals surface area contributed by atoms with Crippen LogP contribution in [0.5, 0.6) is 0 Å². The van der Waals surface area contributed by atoms with Crippen LogP contribution in [0.1, 0.15) is 24.2 Å². The summed E-state index contributed by atoms with van der Waals surface area (Å²) in [7, 11) is 0. The van der Waals surface area contributed by atoms with Gasteiger partial charge in [-0.1, -0.05) is 29.8 Å². The fraction of sp³-hybridized carbons (Fsp3) is 0.267. The number of hydrogen-bond donors (Lipinski definition) is 1. The van der Waals surface area contributed by atoms with E-state index in [-0.39, 0.29) is 12.1 Å². The van der Waals surface area contributed by atoms with Crippen molar-refractivity contribution >= 4 is 11.6 Å². The molecule has 4 heteroatoms. The minimum Gasteiger partial charge on any atom is -0.367 e. The maximum atomic E-state index is 6.11. The Labute approximate surface area is 118 Å². The van der Waals surface area contributed by atoms with Crippen LogP contribution in [0.3, 0.4) is 0 Å². The second kappa shape index (κ2) is 6.66. The zero-order chi connectivity index (χ0) is 13.7. The number of pyridine rings is 1. The molecule has 100 valence electrons.